The van der Waals surface area contributed by atoms with Crippen molar-refractivity contribution < 1.29 is 4.74 Å². The van der Waals surface area contributed by atoms with Gasteiger partial charge in [-0.2, -0.15) is 0 Å². The van der Waals surface area contributed by atoms with Crippen molar-refractivity contribution in [2.45, 2.75) is 26.0 Å². The van der Waals surface area contributed by atoms with Gasteiger partial charge >= 0.3 is 0 Å². The van der Waals surface area contributed by atoms with E-state index in [1.807, 2.05) is 51.4 Å². The normalized spacial score (nSPS) is 12.5. The summed E-state index contributed by atoms with van der Waals surface area (Å²) in [7, 11) is 1.93. The van der Waals surface area contributed by atoms with E-state index < -0.39 is 0 Å². The van der Waals surface area contributed by atoms with Crippen LogP contribution in [0.4, 0.5) is 0 Å². The first kappa shape index (κ1) is 16.5. The van der Waals surface area contributed by atoms with Crippen molar-refractivity contribution >= 4 is 34.2 Å². The minimum atomic E-state index is 0.0267. The fraction of sp³-hybridized carbons (Fsp3) is 0.312. The minimum absolute atomic E-state index is 0.0267. The van der Waals surface area contributed by atoms with E-state index in [0.717, 1.165) is 25.5 Å². The van der Waals surface area contributed by atoms with E-state index in [0.29, 0.717) is 0 Å². The highest BCUT2D eigenvalue weighted by atomic mass is 127. The van der Waals surface area contributed by atoms with Gasteiger partial charge in [-0.3, -0.25) is 4.98 Å². The second-order valence-electron chi connectivity index (χ2n) is 5.01. The first-order chi connectivity index (χ1) is 10.0. The van der Waals surface area contributed by atoms with Crippen molar-refractivity contribution in [1.82, 2.24) is 10.3 Å². The maximum atomic E-state index is 6.13. The highest BCUT2D eigenvalue weighted by Gasteiger charge is 2.16. The quantitative estimate of drug-likeness (QED) is 0.732. The Kier molecular flexibility index (Phi) is 5.84. The summed E-state index contributed by atoms with van der Waals surface area (Å²) in [6, 6.07) is 7.95. The van der Waals surface area contributed by atoms with Crippen molar-refractivity contribution in [3.8, 4) is 5.75 Å². The van der Waals surface area contributed by atoms with Gasteiger partial charge in [0, 0.05) is 14.8 Å². The van der Waals surface area contributed by atoms with Crippen molar-refractivity contribution in [3.05, 3.63) is 56.4 Å². The predicted octanol–water partition coefficient (Wildman–Crippen LogP) is 4.44. The third kappa shape index (κ3) is 4.31. The molecule has 2 rings (SSSR count). The Morgan fingerprint density at radius 1 is 1.24 bits per heavy atom. The number of nitrogens with zero attached hydrogens (tertiary/aromatic N) is 1. The van der Waals surface area contributed by atoms with Gasteiger partial charge in [0.1, 0.15) is 5.75 Å². The van der Waals surface area contributed by atoms with Crippen LogP contribution in [0.5, 0.6) is 5.75 Å². The van der Waals surface area contributed by atoms with E-state index in [2.05, 4.69) is 32.9 Å². The number of halogens is 2. The summed E-state index contributed by atoms with van der Waals surface area (Å²) in [5.74, 6) is 0.778. The fourth-order valence-electron chi connectivity index (χ4n) is 2.17. The number of ether oxygens (including phenoxy) is 1. The minimum Gasteiger partial charge on any atom is -0.489 e. The standard InChI is InChI=1S/C16H18ClIN2O/c1-10(2)21-13-6-11(8-20-9-13)16(19-3)14-7-12(17)4-5-15(14)18/h4-10,16,19H,1-3H3. The third-order valence-electron chi connectivity index (χ3n) is 3.00. The molecule has 0 saturated heterocycles. The van der Waals surface area contributed by atoms with Crippen LogP contribution in [0.25, 0.3) is 0 Å². The molecule has 1 heterocycles. The molecule has 0 radical (unpaired) electrons. The first-order valence-corrected chi connectivity index (χ1v) is 8.20. The molecule has 2 aromatic rings. The Labute approximate surface area is 144 Å². The first-order valence-electron chi connectivity index (χ1n) is 6.75. The summed E-state index contributed by atoms with van der Waals surface area (Å²) in [6.45, 7) is 4.00. The molecule has 3 nitrogen and oxygen atoms in total. The smallest absolute Gasteiger partial charge is 0.138 e. The van der Waals surface area contributed by atoms with Crippen molar-refractivity contribution in [2.24, 2.45) is 0 Å². The lowest BCUT2D eigenvalue weighted by atomic mass is 10.0. The molecule has 112 valence electrons. The van der Waals surface area contributed by atoms with Crippen LogP contribution < -0.4 is 10.1 Å². The third-order valence-corrected chi connectivity index (χ3v) is 4.21. The predicted molar refractivity (Wildman–Crippen MR) is 95.1 cm³/mol. The zero-order chi connectivity index (χ0) is 15.4. The molecule has 0 aliphatic heterocycles. The summed E-state index contributed by atoms with van der Waals surface area (Å²) in [6.07, 6.45) is 3.71. The molecule has 1 aromatic heterocycles. The van der Waals surface area contributed by atoms with Gasteiger partial charge in [0.25, 0.3) is 0 Å². The maximum absolute atomic E-state index is 6.13. The van der Waals surface area contributed by atoms with Crippen molar-refractivity contribution in [2.75, 3.05) is 7.05 Å². The van der Waals surface area contributed by atoms with Crippen LogP contribution in [0.1, 0.15) is 31.0 Å². The molecule has 1 N–H and O–H groups in total. The van der Waals surface area contributed by atoms with Crippen LogP contribution in [0, 0.1) is 3.57 Å². The number of aromatic nitrogens is 1. The largest absolute Gasteiger partial charge is 0.489 e. The molecule has 1 aromatic carbocycles. The number of rotatable bonds is 5. The van der Waals surface area contributed by atoms with Gasteiger partial charge in [-0.1, -0.05) is 11.6 Å². The van der Waals surface area contributed by atoms with Gasteiger partial charge in [-0.15, -0.1) is 0 Å². The Balaban J connectivity index is 2.39. The van der Waals surface area contributed by atoms with E-state index >= 15 is 0 Å². The molecule has 21 heavy (non-hydrogen) atoms. The summed E-state index contributed by atoms with van der Waals surface area (Å²) in [4.78, 5) is 4.28. The van der Waals surface area contributed by atoms with Crippen LogP contribution in [0.2, 0.25) is 5.02 Å². The summed E-state index contributed by atoms with van der Waals surface area (Å²) < 4.78 is 6.88. The molecule has 0 amide bonds. The van der Waals surface area contributed by atoms with E-state index in [4.69, 9.17) is 16.3 Å². The Morgan fingerprint density at radius 3 is 2.67 bits per heavy atom. The van der Waals surface area contributed by atoms with Crippen molar-refractivity contribution in [1.29, 1.82) is 0 Å². The number of hydrogen-bond donors (Lipinski definition) is 1. The average Bonchev–Trinajstić information content (AvgIpc) is 2.43. The SMILES string of the molecule is CNC(c1cncc(OC(C)C)c1)c1cc(Cl)ccc1I. The van der Waals surface area contributed by atoms with Gasteiger partial charge < -0.3 is 10.1 Å². The molecule has 0 aliphatic carbocycles. The summed E-state index contributed by atoms with van der Waals surface area (Å²) in [5.41, 5.74) is 2.19. The second-order valence-corrected chi connectivity index (χ2v) is 6.61. The fourth-order valence-corrected chi connectivity index (χ4v) is 3.00. The van der Waals surface area contributed by atoms with E-state index in [1.54, 1.807) is 6.20 Å². The molecule has 0 bridgehead atoms. The van der Waals surface area contributed by atoms with Crippen LogP contribution >= 0.6 is 34.2 Å². The molecule has 0 aliphatic rings. The zero-order valence-corrected chi connectivity index (χ0v) is 15.1. The Bertz CT molecular complexity index is 619. The van der Waals surface area contributed by atoms with E-state index in [9.17, 15) is 0 Å². The number of benzene rings is 1. The zero-order valence-electron chi connectivity index (χ0n) is 12.2. The van der Waals surface area contributed by atoms with Crippen LogP contribution in [0.15, 0.2) is 36.7 Å². The van der Waals surface area contributed by atoms with Gasteiger partial charge in [-0.05, 0) is 78.9 Å². The Morgan fingerprint density at radius 2 is 2.00 bits per heavy atom. The summed E-state index contributed by atoms with van der Waals surface area (Å²) >= 11 is 8.45. The number of pyridine rings is 1. The van der Waals surface area contributed by atoms with Crippen LogP contribution in [-0.4, -0.2) is 18.1 Å². The lowest BCUT2D eigenvalue weighted by Gasteiger charge is -2.20. The molecular formula is C16H18ClIN2O. The molecular weight excluding hydrogens is 399 g/mol. The molecule has 0 fully saturated rings. The average molecular weight is 417 g/mol. The van der Waals surface area contributed by atoms with Gasteiger partial charge in [0.15, 0.2) is 0 Å². The molecule has 0 spiro atoms. The molecule has 0 saturated carbocycles. The number of hydrogen-bond acceptors (Lipinski definition) is 3. The molecule has 1 unspecified atom stereocenters. The van der Waals surface area contributed by atoms with Crippen LogP contribution in [0.3, 0.4) is 0 Å². The highest BCUT2D eigenvalue weighted by molar-refractivity contribution is 14.1. The molecule has 1 atom stereocenters. The second kappa shape index (κ2) is 7.42. The topological polar surface area (TPSA) is 34.2 Å². The maximum Gasteiger partial charge on any atom is 0.138 e. The van der Waals surface area contributed by atoms with Gasteiger partial charge in [0.2, 0.25) is 0 Å². The van der Waals surface area contributed by atoms with Crippen LogP contribution in [-0.2, 0) is 0 Å². The Hall–Kier alpha value is -0.850. The van der Waals surface area contributed by atoms with Gasteiger partial charge in [-0.25, -0.2) is 0 Å². The lowest BCUT2D eigenvalue weighted by Crippen LogP contribution is -2.19. The van der Waals surface area contributed by atoms with Gasteiger partial charge in [0.05, 0.1) is 18.3 Å². The highest BCUT2D eigenvalue weighted by Crippen LogP contribution is 2.29. The van der Waals surface area contributed by atoms with E-state index in [1.165, 1.54) is 0 Å². The summed E-state index contributed by atoms with van der Waals surface area (Å²) in [5, 5.41) is 4.05. The molecule has 5 heteroatoms. The lowest BCUT2D eigenvalue weighted by molar-refractivity contribution is 0.241. The van der Waals surface area contributed by atoms with Crippen molar-refractivity contribution in [3.63, 3.8) is 0 Å². The van der Waals surface area contributed by atoms with E-state index in [-0.39, 0.29) is 12.1 Å². The monoisotopic (exact) mass is 416 g/mol. The number of nitrogens with one attached hydrogen (secondary N) is 1.